The van der Waals surface area contributed by atoms with Gasteiger partial charge in [-0.05, 0) is 60.1 Å². The summed E-state index contributed by atoms with van der Waals surface area (Å²) in [5, 5.41) is 14.8. The first-order valence-electron chi connectivity index (χ1n) is 9.35. The quantitative estimate of drug-likeness (QED) is 0.451. The van der Waals surface area contributed by atoms with Crippen molar-refractivity contribution < 1.29 is 18.0 Å². The van der Waals surface area contributed by atoms with Crippen molar-refractivity contribution in [3.8, 4) is 0 Å². The van der Waals surface area contributed by atoms with Crippen LogP contribution < -0.4 is 10.7 Å². The van der Waals surface area contributed by atoms with Gasteiger partial charge in [-0.3, -0.25) is 19.6 Å². The van der Waals surface area contributed by atoms with Crippen LogP contribution >= 0.6 is 15.9 Å². The minimum atomic E-state index is -4.56. The summed E-state index contributed by atoms with van der Waals surface area (Å²) in [7, 11) is 0. The Bertz CT molecular complexity index is 1410. The van der Waals surface area contributed by atoms with Crippen LogP contribution in [0.25, 0.3) is 16.6 Å². The molecule has 0 bridgehead atoms. The Labute approximate surface area is 186 Å². The highest BCUT2D eigenvalue weighted by molar-refractivity contribution is 9.10. The van der Waals surface area contributed by atoms with Crippen molar-refractivity contribution in [2.45, 2.75) is 32.5 Å². The summed E-state index contributed by atoms with van der Waals surface area (Å²) in [6.07, 6.45) is -4.97. The number of nitrogens with zero attached hydrogens (tertiary/aromatic N) is 6. The van der Waals surface area contributed by atoms with E-state index in [1.54, 1.807) is 26.0 Å². The van der Waals surface area contributed by atoms with Crippen LogP contribution in [-0.2, 0) is 17.4 Å². The summed E-state index contributed by atoms with van der Waals surface area (Å²) >= 11 is 3.20. The van der Waals surface area contributed by atoms with Gasteiger partial charge in [-0.25, -0.2) is 0 Å². The molecule has 0 atom stereocenters. The van der Waals surface area contributed by atoms with Gasteiger partial charge in [-0.1, -0.05) is 0 Å². The van der Waals surface area contributed by atoms with Crippen LogP contribution in [0.3, 0.4) is 0 Å². The Balaban J connectivity index is 1.68. The number of alkyl halides is 3. The first-order chi connectivity index (χ1) is 15.0. The minimum Gasteiger partial charge on any atom is -0.293 e. The summed E-state index contributed by atoms with van der Waals surface area (Å²) in [5.41, 5.74) is -1.16. The minimum absolute atomic E-state index is 0.0135. The van der Waals surface area contributed by atoms with E-state index in [9.17, 15) is 22.8 Å². The summed E-state index contributed by atoms with van der Waals surface area (Å²) in [6.45, 7) is 3.43. The zero-order chi connectivity index (χ0) is 23.2. The predicted octanol–water partition coefficient (Wildman–Crippen LogP) is 3.38. The lowest BCUT2D eigenvalue weighted by molar-refractivity contribution is -0.137. The van der Waals surface area contributed by atoms with Crippen molar-refractivity contribution in [3.63, 3.8) is 0 Å². The van der Waals surface area contributed by atoms with Crippen LogP contribution in [0.5, 0.6) is 0 Å². The van der Waals surface area contributed by atoms with E-state index in [1.807, 2.05) is 0 Å². The first kappa shape index (κ1) is 21.9. The Morgan fingerprint density at radius 3 is 2.59 bits per heavy atom. The Kier molecular flexibility index (Phi) is 5.44. The van der Waals surface area contributed by atoms with Gasteiger partial charge in [-0.15, -0.1) is 14.8 Å². The van der Waals surface area contributed by atoms with E-state index in [4.69, 9.17) is 0 Å². The number of amides is 1. The number of carbonyl (C=O) groups is 1. The fourth-order valence-electron chi connectivity index (χ4n) is 3.12. The number of hydrogen-bond donors (Lipinski definition) is 1. The molecule has 4 aromatic rings. The Morgan fingerprint density at radius 1 is 1.16 bits per heavy atom. The maximum absolute atomic E-state index is 13.1. The molecule has 3 heterocycles. The van der Waals surface area contributed by atoms with Crippen molar-refractivity contribution in [1.82, 2.24) is 29.6 Å². The molecule has 0 aliphatic carbocycles. The highest BCUT2D eigenvalue weighted by Gasteiger charge is 2.31. The van der Waals surface area contributed by atoms with Gasteiger partial charge in [0.25, 0.3) is 5.95 Å². The summed E-state index contributed by atoms with van der Waals surface area (Å²) in [4.78, 5) is 29.5. The molecule has 0 spiro atoms. The second-order valence-electron chi connectivity index (χ2n) is 7.21. The molecule has 0 saturated carbocycles. The van der Waals surface area contributed by atoms with Crippen molar-refractivity contribution in [2.24, 2.45) is 0 Å². The lowest BCUT2D eigenvalue weighted by atomic mass is 10.1. The average molecular weight is 510 g/mol. The molecule has 1 N–H and O–H groups in total. The van der Waals surface area contributed by atoms with Gasteiger partial charge in [0, 0.05) is 11.4 Å². The van der Waals surface area contributed by atoms with E-state index in [0.717, 1.165) is 18.2 Å². The molecule has 3 aromatic heterocycles. The lowest BCUT2D eigenvalue weighted by Gasteiger charge is -2.16. The van der Waals surface area contributed by atoms with E-state index in [-0.39, 0.29) is 28.6 Å². The molecular formula is C19H15BrF3N7O2. The summed E-state index contributed by atoms with van der Waals surface area (Å²) in [5.74, 6) is -0.619. The molecule has 9 nitrogen and oxygen atoms in total. The molecule has 13 heteroatoms. The number of hydrogen-bond acceptors (Lipinski definition) is 6. The number of carbonyl (C=O) groups excluding carboxylic acids is 1. The van der Waals surface area contributed by atoms with Crippen LogP contribution in [0.15, 0.2) is 39.7 Å². The predicted molar refractivity (Wildman–Crippen MR) is 112 cm³/mol. The lowest BCUT2D eigenvalue weighted by Crippen LogP contribution is -2.26. The number of nitrogens with one attached hydrogen (secondary N) is 1. The smallest absolute Gasteiger partial charge is 0.293 e. The average Bonchev–Trinajstić information content (AvgIpc) is 3.09. The van der Waals surface area contributed by atoms with Gasteiger partial charge in [0.15, 0.2) is 5.65 Å². The van der Waals surface area contributed by atoms with Gasteiger partial charge in [0.1, 0.15) is 10.3 Å². The maximum Gasteiger partial charge on any atom is 0.416 e. The SMILES string of the molecule is CC(C)n1nc(CC(=O)Nc2nc3ccc(Br)nn3n2)c(=O)c2ccc(C(F)(F)F)cc21. The topological polar surface area (TPSA) is 107 Å². The van der Waals surface area contributed by atoms with E-state index in [1.165, 1.54) is 9.31 Å². The van der Waals surface area contributed by atoms with Crippen LogP contribution in [0, 0.1) is 0 Å². The van der Waals surface area contributed by atoms with Crippen molar-refractivity contribution in [2.75, 3.05) is 5.32 Å². The largest absolute Gasteiger partial charge is 0.416 e. The van der Waals surface area contributed by atoms with Gasteiger partial charge in [0.05, 0.1) is 17.5 Å². The molecule has 0 aliphatic heterocycles. The number of benzene rings is 1. The monoisotopic (exact) mass is 509 g/mol. The second kappa shape index (κ2) is 7.97. The standard InChI is InChI=1S/C19H15BrF3N7O2/c1-9(2)29-13-7-10(19(21,22)23)3-4-11(13)17(32)12(26-29)8-16(31)25-18-24-15-6-5-14(20)27-30(15)28-18/h3-7,9H,8H2,1-2H3,(H,25,28,31). The Hall–Kier alpha value is -3.35. The van der Waals surface area contributed by atoms with Gasteiger partial charge < -0.3 is 0 Å². The molecule has 0 fully saturated rings. The highest BCUT2D eigenvalue weighted by atomic mass is 79.9. The maximum atomic E-state index is 13.1. The van der Waals surface area contributed by atoms with Crippen molar-refractivity contribution in [1.29, 1.82) is 0 Å². The molecule has 0 radical (unpaired) electrons. The number of fused-ring (bicyclic) bond motifs is 2. The first-order valence-corrected chi connectivity index (χ1v) is 10.1. The number of aromatic nitrogens is 6. The number of anilines is 1. The molecule has 0 saturated heterocycles. The van der Waals surface area contributed by atoms with Gasteiger partial charge in [-0.2, -0.15) is 23.3 Å². The Morgan fingerprint density at radius 2 is 1.91 bits per heavy atom. The van der Waals surface area contributed by atoms with Crippen molar-refractivity contribution >= 4 is 44.3 Å². The fraction of sp³-hybridized carbons (Fsp3) is 0.263. The third-order valence-corrected chi connectivity index (χ3v) is 4.97. The highest BCUT2D eigenvalue weighted by Crippen LogP contribution is 2.31. The van der Waals surface area contributed by atoms with E-state index in [2.05, 4.69) is 41.5 Å². The molecule has 32 heavy (non-hydrogen) atoms. The second-order valence-corrected chi connectivity index (χ2v) is 8.02. The number of halogens is 4. The molecule has 166 valence electrons. The third kappa shape index (κ3) is 4.20. The van der Waals surface area contributed by atoms with E-state index >= 15 is 0 Å². The van der Waals surface area contributed by atoms with Gasteiger partial charge in [0.2, 0.25) is 11.3 Å². The van der Waals surface area contributed by atoms with Gasteiger partial charge >= 0.3 is 6.18 Å². The molecular weight excluding hydrogens is 495 g/mol. The summed E-state index contributed by atoms with van der Waals surface area (Å²) in [6, 6.07) is 5.78. The summed E-state index contributed by atoms with van der Waals surface area (Å²) < 4.78 is 42.4. The normalized spacial score (nSPS) is 12.1. The molecule has 1 amide bonds. The van der Waals surface area contributed by atoms with Crippen LogP contribution in [0.1, 0.15) is 31.1 Å². The molecule has 0 aliphatic rings. The zero-order valence-corrected chi connectivity index (χ0v) is 18.3. The van der Waals surface area contributed by atoms with E-state index in [0.29, 0.717) is 10.3 Å². The van der Waals surface area contributed by atoms with Crippen LogP contribution in [0.2, 0.25) is 0 Å². The fourth-order valence-corrected chi connectivity index (χ4v) is 3.40. The molecule has 0 unspecified atom stereocenters. The van der Waals surface area contributed by atoms with E-state index < -0.39 is 29.5 Å². The molecule has 1 aromatic carbocycles. The van der Waals surface area contributed by atoms with Crippen LogP contribution in [-0.4, -0.2) is 35.5 Å². The number of rotatable bonds is 4. The molecule has 4 rings (SSSR count). The third-order valence-electron chi connectivity index (χ3n) is 4.55. The van der Waals surface area contributed by atoms with Crippen molar-refractivity contribution in [3.05, 3.63) is 56.4 Å². The van der Waals surface area contributed by atoms with Crippen LogP contribution in [0.4, 0.5) is 19.1 Å². The zero-order valence-electron chi connectivity index (χ0n) is 16.7.